The lowest BCUT2D eigenvalue weighted by molar-refractivity contribution is 1.16. The van der Waals surface area contributed by atoms with Gasteiger partial charge in [-0.2, -0.15) is 0 Å². The Morgan fingerprint density at radius 3 is 0.894 bits per heavy atom. The van der Waals surface area contributed by atoms with Crippen molar-refractivity contribution >= 4 is 163 Å². The number of nitrogens with zero attached hydrogens (tertiary/aromatic N) is 12. The van der Waals surface area contributed by atoms with Gasteiger partial charge in [0.05, 0.1) is 96.1 Å². The van der Waals surface area contributed by atoms with Crippen molar-refractivity contribution in [1.29, 1.82) is 0 Å². The Morgan fingerprint density at radius 1 is 0.156 bits per heavy atom. The quantitative estimate of drug-likeness (QED) is 0.110. The molecule has 12 nitrogen and oxygen atoms in total. The van der Waals surface area contributed by atoms with E-state index in [-0.39, 0.29) is 0 Å². The Balaban J connectivity index is 0.000000104. The van der Waals surface area contributed by atoms with Gasteiger partial charge in [0.2, 0.25) is 0 Å². The standard InChI is InChI=1S/3C43H26N4/c1-2-14-39-35(12-1)43-40(15-7-23-45-43)47(39)32-11-6-10-30(24-32)37-25-31(26-38(46-37)36-13-3-4-22-44-36)33-20-18-29-17-16-27-8-5-9-28-19-21-34(33)42(29)41(27)28;1-2-13-40-34(11-1)35-20-22-44-26-41(35)47(40)32-10-6-9-30(23-32)38-24-31(25-39(46-38)37-12-3-4-21-45-37)33-18-16-29-15-14-27-7-5-8-28-17-19-36(33)43(29)42(27)28;1-2-13-40-34(11-1)36-26-44-22-20-41(36)47(40)32-10-6-9-30(23-32)38-24-31(25-39(46-38)37-12-3-4-21-45-37)33-18-16-29-15-14-27-7-5-8-28-17-19-35(33)43(29)42(27)28/h3*1-26H. The van der Waals surface area contributed by atoms with Crippen molar-refractivity contribution < 1.29 is 0 Å². The van der Waals surface area contributed by atoms with Gasteiger partial charge in [-0.05, 0) is 282 Å². The highest BCUT2D eigenvalue weighted by Gasteiger charge is 2.25. The van der Waals surface area contributed by atoms with Gasteiger partial charge in [-0.3, -0.25) is 29.9 Å². The SMILES string of the molecule is c1ccc(-c2cc(-c3ccc4ccc5cccc6ccc3c4c56)cc(-c3cccc(-n4c5ccccc5c5ccncc54)c3)n2)nc1.c1ccc(-c2cc(-c3ccc4ccc5cccc6ccc3c4c56)cc(-c3cccc(-n4c5ccccc5c5cnccc54)c3)n2)nc1.c1ccc(-c2cc(-c3ccc4ccc5cccc6ccc3c4c56)cc(-c3cccc(-n4c5ccccc5c5ncccc54)c3)n2)nc1. The lowest BCUT2D eigenvalue weighted by Crippen LogP contribution is -1.96. The van der Waals surface area contributed by atoms with Gasteiger partial charge in [0.15, 0.2) is 0 Å². The summed E-state index contributed by atoms with van der Waals surface area (Å²) in [6, 6.07) is 151. The molecule has 0 saturated heterocycles. The highest BCUT2D eigenvalue weighted by molar-refractivity contribution is 6.29. The van der Waals surface area contributed by atoms with Crippen LogP contribution in [-0.2, 0) is 0 Å². The second-order valence-corrected chi connectivity index (χ2v) is 36.3. The maximum atomic E-state index is 5.23. The van der Waals surface area contributed by atoms with Crippen LogP contribution < -0.4 is 0 Å². The van der Waals surface area contributed by atoms with Crippen LogP contribution in [0.4, 0.5) is 0 Å². The monoisotopic (exact) mass is 1790 g/mol. The first-order chi connectivity index (χ1) is 69.9. The first-order valence-corrected chi connectivity index (χ1v) is 47.5. The fourth-order valence-electron chi connectivity index (χ4n) is 22.1. The third-order valence-corrected chi connectivity index (χ3v) is 28.4. The molecule has 12 heterocycles. The van der Waals surface area contributed by atoms with Crippen molar-refractivity contribution in [2.24, 2.45) is 0 Å². The Labute approximate surface area is 808 Å². The van der Waals surface area contributed by atoms with Crippen LogP contribution in [0.15, 0.2) is 474 Å². The fraction of sp³-hybridized carbons (Fsp3) is 0. The molecular formula is C129H78N12. The molecule has 0 aliphatic rings. The highest BCUT2D eigenvalue weighted by Crippen LogP contribution is 2.48. The van der Waals surface area contributed by atoms with Crippen molar-refractivity contribution in [2.45, 2.75) is 0 Å². The predicted octanol–water partition coefficient (Wildman–Crippen LogP) is 32.6. The zero-order valence-electron chi connectivity index (χ0n) is 75.9. The summed E-state index contributed by atoms with van der Waals surface area (Å²) in [4.78, 5) is 43.4. The first kappa shape index (κ1) is 80.3. The molecular weight excluding hydrogens is 1720 g/mol. The maximum Gasteiger partial charge on any atom is 0.0963 e. The summed E-state index contributed by atoms with van der Waals surface area (Å²) >= 11 is 0. The first-order valence-electron chi connectivity index (χ1n) is 47.5. The van der Waals surface area contributed by atoms with Crippen LogP contribution in [0.2, 0.25) is 0 Å². The van der Waals surface area contributed by atoms with E-state index in [0.717, 1.165) is 151 Å². The van der Waals surface area contributed by atoms with Crippen LogP contribution in [0.5, 0.6) is 0 Å². The van der Waals surface area contributed by atoms with E-state index >= 15 is 0 Å². The molecule has 0 unspecified atom stereocenters. The van der Waals surface area contributed by atoms with E-state index in [2.05, 4.69) is 388 Å². The Hall–Kier alpha value is -19.2. The number of pyridine rings is 9. The minimum absolute atomic E-state index is 0.843. The summed E-state index contributed by atoms with van der Waals surface area (Å²) in [5.41, 5.74) is 28.7. The van der Waals surface area contributed by atoms with Gasteiger partial charge in [-0.15, -0.1) is 0 Å². The fourth-order valence-corrected chi connectivity index (χ4v) is 22.1. The summed E-state index contributed by atoms with van der Waals surface area (Å²) in [5.74, 6) is 0. The number of benzene rings is 18. The Bertz CT molecular complexity index is 9100. The van der Waals surface area contributed by atoms with Gasteiger partial charge < -0.3 is 13.7 Å². The molecule has 12 heteroatoms. The van der Waals surface area contributed by atoms with Gasteiger partial charge >= 0.3 is 0 Å². The number of rotatable bonds is 12. The molecule has 0 atom stereocenters. The zero-order valence-corrected chi connectivity index (χ0v) is 75.9. The second kappa shape index (κ2) is 32.8. The van der Waals surface area contributed by atoms with Gasteiger partial charge in [0.25, 0.3) is 0 Å². The summed E-state index contributed by atoms with van der Waals surface area (Å²) < 4.78 is 6.91. The van der Waals surface area contributed by atoms with Crippen molar-refractivity contribution in [3.63, 3.8) is 0 Å². The van der Waals surface area contributed by atoms with Gasteiger partial charge in [-0.25, -0.2) is 15.0 Å². The molecule has 30 rings (SSSR count). The largest absolute Gasteiger partial charge is 0.309 e. The normalized spacial score (nSPS) is 11.8. The highest BCUT2D eigenvalue weighted by atomic mass is 15.0. The van der Waals surface area contributed by atoms with Crippen LogP contribution in [0.1, 0.15) is 0 Å². The van der Waals surface area contributed by atoms with E-state index < -0.39 is 0 Å². The number of para-hydroxylation sites is 3. The van der Waals surface area contributed by atoms with Crippen molar-refractivity contribution in [3.8, 4) is 118 Å². The van der Waals surface area contributed by atoms with Crippen molar-refractivity contribution in [2.75, 3.05) is 0 Å². The molecule has 30 aromatic rings. The maximum absolute atomic E-state index is 5.23. The van der Waals surface area contributed by atoms with Crippen LogP contribution in [0, 0.1) is 0 Å². The summed E-state index contributed by atoms with van der Waals surface area (Å²) in [6.45, 7) is 0. The van der Waals surface area contributed by atoms with E-state index in [0.29, 0.717) is 0 Å². The van der Waals surface area contributed by atoms with E-state index in [1.54, 1.807) is 0 Å². The second-order valence-electron chi connectivity index (χ2n) is 36.3. The van der Waals surface area contributed by atoms with E-state index in [1.807, 2.05) is 110 Å². The number of fused-ring (bicyclic) bond motifs is 9. The molecule has 0 aliphatic carbocycles. The minimum atomic E-state index is 0.843. The topological polar surface area (TPSA) is 131 Å². The Morgan fingerprint density at radius 2 is 0.468 bits per heavy atom. The van der Waals surface area contributed by atoms with Gasteiger partial charge in [-0.1, -0.05) is 273 Å². The van der Waals surface area contributed by atoms with E-state index in [1.165, 1.54) is 130 Å². The molecule has 0 fully saturated rings. The lowest BCUT2D eigenvalue weighted by atomic mass is 9.89. The molecule has 0 bridgehead atoms. The molecule has 0 N–H and O–H groups in total. The lowest BCUT2D eigenvalue weighted by Gasteiger charge is -2.16. The molecule has 18 aromatic carbocycles. The third kappa shape index (κ3) is 13.5. The summed E-state index contributed by atoms with van der Waals surface area (Å²) in [7, 11) is 0. The van der Waals surface area contributed by atoms with E-state index in [4.69, 9.17) is 34.9 Å². The summed E-state index contributed by atoms with van der Waals surface area (Å²) in [5, 5.41) is 28.8. The van der Waals surface area contributed by atoms with Crippen LogP contribution in [0.25, 0.3) is 281 Å². The van der Waals surface area contributed by atoms with Gasteiger partial charge in [0.1, 0.15) is 0 Å². The molecule has 654 valence electrons. The molecule has 0 radical (unpaired) electrons. The average molecular weight is 1800 g/mol. The number of hydrogen-bond acceptors (Lipinski definition) is 9. The van der Waals surface area contributed by atoms with Crippen molar-refractivity contribution in [1.82, 2.24) is 58.6 Å². The minimum Gasteiger partial charge on any atom is -0.309 e. The molecule has 0 spiro atoms. The number of hydrogen-bond donors (Lipinski definition) is 0. The predicted molar refractivity (Wildman–Crippen MR) is 583 cm³/mol. The summed E-state index contributed by atoms with van der Waals surface area (Å²) in [6.07, 6.45) is 15.0. The van der Waals surface area contributed by atoms with Gasteiger partial charge in [0, 0.05) is 104 Å². The van der Waals surface area contributed by atoms with Crippen LogP contribution in [0.3, 0.4) is 0 Å². The van der Waals surface area contributed by atoms with Crippen molar-refractivity contribution in [3.05, 3.63) is 474 Å². The molecule has 0 amide bonds. The zero-order chi connectivity index (χ0) is 92.7. The molecule has 141 heavy (non-hydrogen) atoms. The number of aromatic nitrogens is 12. The molecule has 12 aromatic heterocycles. The molecule has 0 aliphatic heterocycles. The van der Waals surface area contributed by atoms with E-state index in [9.17, 15) is 0 Å². The van der Waals surface area contributed by atoms with Crippen LogP contribution >= 0.6 is 0 Å². The average Bonchev–Trinajstić information content (AvgIpc) is 1.73. The Kier molecular flexibility index (Phi) is 18.7. The van der Waals surface area contributed by atoms with Crippen LogP contribution in [-0.4, -0.2) is 58.6 Å². The third-order valence-electron chi connectivity index (χ3n) is 28.4. The smallest absolute Gasteiger partial charge is 0.0963 e. The molecule has 0 saturated carbocycles.